The smallest absolute Gasteiger partial charge is 0.326 e. The average Bonchev–Trinajstić information content (AvgIpc) is 3.00. The lowest BCUT2D eigenvalue weighted by Crippen LogP contribution is -2.23. The van der Waals surface area contributed by atoms with Gasteiger partial charge in [0.05, 0.1) is 23.2 Å². The maximum Gasteiger partial charge on any atom is 0.326 e. The van der Waals surface area contributed by atoms with Gasteiger partial charge < -0.3 is 9.30 Å². The molecule has 0 saturated carbocycles. The van der Waals surface area contributed by atoms with Crippen molar-refractivity contribution < 1.29 is 18.7 Å². The molecule has 0 spiro atoms. The monoisotopic (exact) mass is 414 g/mol. The third-order valence-corrected chi connectivity index (χ3v) is 5.50. The number of carbonyl (C=O) groups excluding carboxylic acids is 2. The Morgan fingerprint density at radius 3 is 2.55 bits per heavy atom. The molecule has 0 aliphatic rings. The summed E-state index contributed by atoms with van der Waals surface area (Å²) in [5.41, 5.74) is 2.69. The highest BCUT2D eigenvalue weighted by Crippen LogP contribution is 2.23. The topological polar surface area (TPSA) is 60.7 Å². The van der Waals surface area contributed by atoms with E-state index >= 15 is 0 Å². The molecule has 1 amide bonds. The van der Waals surface area contributed by atoms with Crippen LogP contribution in [0.2, 0.25) is 0 Å². The summed E-state index contributed by atoms with van der Waals surface area (Å²) >= 11 is 1.36. The largest absolute Gasteiger partial charge is 0.465 e. The van der Waals surface area contributed by atoms with Crippen LogP contribution in [0.3, 0.4) is 0 Å². The highest BCUT2D eigenvalue weighted by molar-refractivity contribution is 7.16. The van der Waals surface area contributed by atoms with Crippen LogP contribution in [0.5, 0.6) is 0 Å². The van der Waals surface area contributed by atoms with Crippen molar-refractivity contribution in [3.63, 3.8) is 0 Å². The van der Waals surface area contributed by atoms with Crippen LogP contribution in [-0.2, 0) is 27.3 Å². The van der Waals surface area contributed by atoms with E-state index in [4.69, 9.17) is 4.74 Å². The number of esters is 1. The number of carbonyl (C=O) groups is 2. The second kappa shape index (κ2) is 9.13. The van der Waals surface area contributed by atoms with Gasteiger partial charge in [-0.1, -0.05) is 43.4 Å². The van der Waals surface area contributed by atoms with Gasteiger partial charge in [0.25, 0.3) is 5.91 Å². The fourth-order valence-corrected chi connectivity index (χ4v) is 4.04. The summed E-state index contributed by atoms with van der Waals surface area (Å²) in [6.45, 7) is 6.24. The SMILES string of the molecule is CCOC(=O)Cn1c(=NC(=O)Cc2ccc(F)cc2)sc2cc(C(C)C)ccc21. The Morgan fingerprint density at radius 1 is 1.17 bits per heavy atom. The minimum Gasteiger partial charge on any atom is -0.465 e. The van der Waals surface area contributed by atoms with Crippen LogP contribution in [-0.4, -0.2) is 23.1 Å². The second-order valence-electron chi connectivity index (χ2n) is 6.97. The first-order valence-electron chi connectivity index (χ1n) is 9.48. The number of rotatable bonds is 6. The van der Waals surface area contributed by atoms with Crippen LogP contribution >= 0.6 is 11.3 Å². The molecule has 0 fully saturated rings. The second-order valence-corrected chi connectivity index (χ2v) is 7.98. The summed E-state index contributed by atoms with van der Waals surface area (Å²) < 4.78 is 20.8. The van der Waals surface area contributed by atoms with Crippen molar-refractivity contribution in [1.82, 2.24) is 4.57 Å². The Kier molecular flexibility index (Phi) is 6.59. The molecule has 0 bridgehead atoms. The van der Waals surface area contributed by atoms with E-state index < -0.39 is 0 Å². The maximum absolute atomic E-state index is 13.1. The molecule has 5 nitrogen and oxygen atoms in total. The summed E-state index contributed by atoms with van der Waals surface area (Å²) in [6.07, 6.45) is 0.0607. The zero-order valence-electron chi connectivity index (χ0n) is 16.6. The highest BCUT2D eigenvalue weighted by atomic mass is 32.1. The summed E-state index contributed by atoms with van der Waals surface area (Å²) in [5.74, 6) is -0.728. The molecular formula is C22H23FN2O3S. The Labute approximate surface area is 172 Å². The van der Waals surface area contributed by atoms with Crippen molar-refractivity contribution in [2.45, 2.75) is 39.7 Å². The lowest BCUT2D eigenvalue weighted by Gasteiger charge is -2.07. The first-order valence-corrected chi connectivity index (χ1v) is 10.3. The van der Waals surface area contributed by atoms with Gasteiger partial charge in [0.2, 0.25) is 0 Å². The molecule has 0 aliphatic heterocycles. The van der Waals surface area contributed by atoms with Crippen LogP contribution in [0.25, 0.3) is 10.2 Å². The predicted molar refractivity (Wildman–Crippen MR) is 111 cm³/mol. The van der Waals surface area contributed by atoms with Gasteiger partial charge in [0.15, 0.2) is 4.80 Å². The van der Waals surface area contributed by atoms with Gasteiger partial charge in [-0.05, 0) is 48.2 Å². The number of fused-ring (bicyclic) bond motifs is 1. The number of amides is 1. The third-order valence-electron chi connectivity index (χ3n) is 4.45. The van der Waals surface area contributed by atoms with Crippen molar-refractivity contribution in [2.75, 3.05) is 6.61 Å². The zero-order valence-corrected chi connectivity index (χ0v) is 17.5. The highest BCUT2D eigenvalue weighted by Gasteiger charge is 2.13. The fourth-order valence-electron chi connectivity index (χ4n) is 2.95. The lowest BCUT2D eigenvalue weighted by molar-refractivity contribution is -0.143. The summed E-state index contributed by atoms with van der Waals surface area (Å²) in [4.78, 5) is 29.3. The number of hydrogen-bond acceptors (Lipinski definition) is 4. The van der Waals surface area contributed by atoms with Crippen LogP contribution in [0.4, 0.5) is 4.39 Å². The van der Waals surface area contributed by atoms with Crippen molar-refractivity contribution in [1.29, 1.82) is 0 Å². The van der Waals surface area contributed by atoms with E-state index in [-0.39, 0.29) is 37.3 Å². The van der Waals surface area contributed by atoms with E-state index in [2.05, 4.69) is 24.9 Å². The van der Waals surface area contributed by atoms with Crippen molar-refractivity contribution in [2.24, 2.45) is 4.99 Å². The minimum atomic E-state index is -0.382. The first-order chi connectivity index (χ1) is 13.9. The van der Waals surface area contributed by atoms with Gasteiger partial charge in [-0.3, -0.25) is 9.59 Å². The Bertz CT molecular complexity index is 1100. The predicted octanol–water partition coefficient (Wildman–Crippen LogP) is 4.20. The molecule has 152 valence electrons. The van der Waals surface area contributed by atoms with Gasteiger partial charge >= 0.3 is 5.97 Å². The molecule has 7 heteroatoms. The number of benzene rings is 2. The average molecular weight is 415 g/mol. The molecule has 3 aromatic rings. The minimum absolute atomic E-state index is 0.0163. The number of aromatic nitrogens is 1. The Morgan fingerprint density at radius 2 is 1.90 bits per heavy atom. The Hall–Kier alpha value is -2.80. The number of thiazole rings is 1. The zero-order chi connectivity index (χ0) is 21.0. The van der Waals surface area contributed by atoms with Crippen LogP contribution in [0, 0.1) is 5.82 Å². The standard InChI is InChI=1S/C22H23FN2O3S/c1-4-28-21(27)13-25-18-10-7-16(14(2)3)12-19(18)29-22(25)24-20(26)11-15-5-8-17(23)9-6-15/h5-10,12,14H,4,11,13H2,1-3H3. The van der Waals surface area contributed by atoms with Crippen LogP contribution in [0.1, 0.15) is 37.8 Å². The summed E-state index contributed by atoms with van der Waals surface area (Å²) in [6, 6.07) is 11.8. The molecule has 0 saturated heterocycles. The van der Waals surface area contributed by atoms with E-state index in [0.29, 0.717) is 16.3 Å². The normalized spacial score (nSPS) is 12.0. The Balaban J connectivity index is 2.01. The molecule has 3 rings (SSSR count). The van der Waals surface area contributed by atoms with E-state index in [1.807, 2.05) is 12.1 Å². The van der Waals surface area contributed by atoms with Gasteiger partial charge in [-0.15, -0.1) is 0 Å². The van der Waals surface area contributed by atoms with Crippen molar-refractivity contribution in [3.05, 3.63) is 64.2 Å². The fraction of sp³-hybridized carbons (Fsp3) is 0.318. The molecule has 29 heavy (non-hydrogen) atoms. The van der Waals surface area contributed by atoms with E-state index in [1.165, 1.54) is 29.0 Å². The van der Waals surface area contributed by atoms with E-state index in [9.17, 15) is 14.0 Å². The van der Waals surface area contributed by atoms with Gasteiger partial charge in [0.1, 0.15) is 12.4 Å². The molecule has 0 aliphatic carbocycles. The molecule has 0 unspecified atom stereocenters. The molecular weight excluding hydrogens is 391 g/mol. The van der Waals surface area contributed by atoms with E-state index in [0.717, 1.165) is 10.2 Å². The van der Waals surface area contributed by atoms with Crippen LogP contribution < -0.4 is 4.80 Å². The number of hydrogen-bond donors (Lipinski definition) is 0. The summed E-state index contributed by atoms with van der Waals surface area (Å²) in [7, 11) is 0. The molecule has 2 aromatic carbocycles. The lowest BCUT2D eigenvalue weighted by atomic mass is 10.0. The first kappa shape index (κ1) is 20.9. The number of ether oxygens (including phenoxy) is 1. The van der Waals surface area contributed by atoms with Crippen LogP contribution in [0.15, 0.2) is 47.5 Å². The van der Waals surface area contributed by atoms with E-state index in [1.54, 1.807) is 23.6 Å². The molecule has 1 heterocycles. The number of nitrogens with zero attached hydrogens (tertiary/aromatic N) is 2. The molecule has 1 aromatic heterocycles. The molecule has 0 N–H and O–H groups in total. The molecule has 0 radical (unpaired) electrons. The third kappa shape index (κ3) is 5.17. The quantitative estimate of drug-likeness (QED) is 0.568. The van der Waals surface area contributed by atoms with Crippen molar-refractivity contribution in [3.8, 4) is 0 Å². The van der Waals surface area contributed by atoms with Gasteiger partial charge in [-0.25, -0.2) is 4.39 Å². The summed E-state index contributed by atoms with van der Waals surface area (Å²) in [5, 5.41) is 0. The van der Waals surface area contributed by atoms with Gasteiger partial charge in [0, 0.05) is 0 Å². The number of halogens is 1. The maximum atomic E-state index is 13.1. The molecule has 0 atom stereocenters. The van der Waals surface area contributed by atoms with Crippen molar-refractivity contribution >= 4 is 33.4 Å². The van der Waals surface area contributed by atoms with Gasteiger partial charge in [-0.2, -0.15) is 4.99 Å².